The van der Waals surface area contributed by atoms with Gasteiger partial charge >= 0.3 is 0 Å². The van der Waals surface area contributed by atoms with Crippen LogP contribution in [0.2, 0.25) is 0 Å². The molecule has 0 spiro atoms. The van der Waals surface area contributed by atoms with E-state index in [1.54, 1.807) is 6.20 Å². The number of aliphatic imine (C=N–C) groups is 1. The highest BCUT2D eigenvalue weighted by molar-refractivity contribution is 7.90. The summed E-state index contributed by atoms with van der Waals surface area (Å²) in [5.74, 6) is 0.347. The van der Waals surface area contributed by atoms with Gasteiger partial charge in [0.25, 0.3) is 0 Å². The van der Waals surface area contributed by atoms with Crippen LogP contribution in [0.4, 0.5) is 15.9 Å². The molecule has 1 aliphatic rings. The number of nitrogens with zero attached hydrogens (tertiary/aromatic N) is 3. The Morgan fingerprint density at radius 1 is 1.35 bits per heavy atom. The zero-order chi connectivity index (χ0) is 16.4. The molecule has 0 radical (unpaired) electrons. The molecular weight excluding hydrogens is 321 g/mol. The maximum atomic E-state index is 14.2. The van der Waals surface area contributed by atoms with Crippen molar-refractivity contribution in [1.82, 2.24) is 15.3 Å². The van der Waals surface area contributed by atoms with E-state index in [2.05, 4.69) is 25.6 Å². The number of anilines is 2. The fraction of sp³-hybridized carbons (Fsp3) is 0.214. The van der Waals surface area contributed by atoms with Gasteiger partial charge in [0.05, 0.1) is 22.7 Å². The normalized spacial score (nSPS) is 14.3. The molecule has 0 amide bonds. The number of amidine groups is 1. The van der Waals surface area contributed by atoms with Crippen molar-refractivity contribution in [3.8, 4) is 0 Å². The minimum atomic E-state index is -3.46. The summed E-state index contributed by atoms with van der Waals surface area (Å²) in [5.41, 5.74) is 0.743. The third kappa shape index (κ3) is 3.29. The van der Waals surface area contributed by atoms with Crippen LogP contribution in [0.5, 0.6) is 0 Å². The molecular formula is C14H14FN5O2S. The SMILES string of the molecule is CS(=O)(=O)c1ccc(Nc2ncncc2C2=NCCN2)c(F)c1. The van der Waals surface area contributed by atoms with Crippen LogP contribution in [0.15, 0.2) is 40.6 Å². The first kappa shape index (κ1) is 15.3. The van der Waals surface area contributed by atoms with Gasteiger partial charge in [0.15, 0.2) is 9.84 Å². The molecule has 0 unspecified atom stereocenters. The Bertz CT molecular complexity index is 882. The van der Waals surface area contributed by atoms with Crippen molar-refractivity contribution in [3.63, 3.8) is 0 Å². The fourth-order valence-corrected chi connectivity index (χ4v) is 2.77. The monoisotopic (exact) mass is 335 g/mol. The number of nitrogens with one attached hydrogen (secondary N) is 2. The minimum Gasteiger partial charge on any atom is -0.368 e. The molecule has 3 rings (SSSR count). The number of hydrogen-bond acceptors (Lipinski definition) is 7. The van der Waals surface area contributed by atoms with Gasteiger partial charge in [-0.25, -0.2) is 22.8 Å². The Morgan fingerprint density at radius 2 is 2.17 bits per heavy atom. The Kier molecular flexibility index (Phi) is 3.95. The standard InChI is InChI=1S/C14H14FN5O2S/c1-23(21,22)9-2-3-12(11(15)6-9)20-14-10(7-16-8-19-14)13-17-4-5-18-13/h2-3,6-8H,4-5H2,1H3,(H,17,18)(H,16,19,20). The molecule has 0 fully saturated rings. The third-order valence-corrected chi connectivity index (χ3v) is 4.37. The van der Waals surface area contributed by atoms with Crippen molar-refractivity contribution < 1.29 is 12.8 Å². The quantitative estimate of drug-likeness (QED) is 0.869. The van der Waals surface area contributed by atoms with Crippen LogP contribution in [0, 0.1) is 5.82 Å². The molecule has 0 saturated heterocycles. The second-order valence-corrected chi connectivity index (χ2v) is 7.00. The third-order valence-electron chi connectivity index (χ3n) is 3.26. The summed E-state index contributed by atoms with van der Waals surface area (Å²) in [5, 5.41) is 5.95. The van der Waals surface area contributed by atoms with Crippen molar-refractivity contribution in [2.75, 3.05) is 24.7 Å². The summed E-state index contributed by atoms with van der Waals surface area (Å²) >= 11 is 0. The molecule has 9 heteroatoms. The number of halogens is 1. The molecule has 0 atom stereocenters. The fourth-order valence-electron chi connectivity index (χ4n) is 2.14. The van der Waals surface area contributed by atoms with E-state index in [0.717, 1.165) is 18.9 Å². The summed E-state index contributed by atoms with van der Waals surface area (Å²) in [6.07, 6.45) is 3.95. The maximum Gasteiger partial charge on any atom is 0.175 e. The largest absolute Gasteiger partial charge is 0.368 e. The van der Waals surface area contributed by atoms with Crippen LogP contribution >= 0.6 is 0 Å². The first-order valence-electron chi connectivity index (χ1n) is 6.80. The lowest BCUT2D eigenvalue weighted by molar-refractivity contribution is 0.596. The van der Waals surface area contributed by atoms with E-state index >= 15 is 0 Å². The van der Waals surface area contributed by atoms with Crippen LogP contribution in [0.1, 0.15) is 5.56 Å². The van der Waals surface area contributed by atoms with E-state index in [9.17, 15) is 12.8 Å². The topological polar surface area (TPSA) is 96.3 Å². The van der Waals surface area contributed by atoms with E-state index < -0.39 is 15.7 Å². The van der Waals surface area contributed by atoms with Gasteiger partial charge in [-0.1, -0.05) is 0 Å². The van der Waals surface area contributed by atoms with E-state index in [0.29, 0.717) is 23.8 Å². The Balaban J connectivity index is 1.94. The van der Waals surface area contributed by atoms with E-state index in [1.807, 2.05) is 0 Å². The van der Waals surface area contributed by atoms with E-state index in [4.69, 9.17) is 0 Å². The zero-order valence-corrected chi connectivity index (χ0v) is 13.1. The van der Waals surface area contributed by atoms with Crippen molar-refractivity contribution >= 4 is 27.2 Å². The highest BCUT2D eigenvalue weighted by Crippen LogP contribution is 2.23. The number of sulfone groups is 1. The molecule has 0 aliphatic carbocycles. The molecule has 2 N–H and O–H groups in total. The van der Waals surface area contributed by atoms with Gasteiger partial charge < -0.3 is 10.6 Å². The minimum absolute atomic E-state index is 0.0784. The number of hydrogen-bond donors (Lipinski definition) is 2. The summed E-state index contributed by atoms with van der Waals surface area (Å²) < 4.78 is 37.1. The highest BCUT2D eigenvalue weighted by atomic mass is 32.2. The van der Waals surface area contributed by atoms with Gasteiger partial charge in [0, 0.05) is 19.0 Å². The van der Waals surface area contributed by atoms with Gasteiger partial charge in [0.1, 0.15) is 23.8 Å². The molecule has 1 aliphatic heterocycles. The van der Waals surface area contributed by atoms with Crippen molar-refractivity contribution in [1.29, 1.82) is 0 Å². The Hall–Kier alpha value is -2.55. The molecule has 1 aromatic heterocycles. The maximum absolute atomic E-state index is 14.2. The lowest BCUT2D eigenvalue weighted by atomic mass is 10.2. The molecule has 23 heavy (non-hydrogen) atoms. The summed E-state index contributed by atoms with van der Waals surface area (Å²) in [4.78, 5) is 12.3. The summed E-state index contributed by atoms with van der Waals surface area (Å²) in [7, 11) is -3.46. The molecule has 2 aromatic rings. The highest BCUT2D eigenvalue weighted by Gasteiger charge is 2.16. The lowest BCUT2D eigenvalue weighted by Crippen LogP contribution is -2.21. The lowest BCUT2D eigenvalue weighted by Gasteiger charge is -2.12. The van der Waals surface area contributed by atoms with Crippen LogP contribution in [-0.2, 0) is 9.84 Å². The molecule has 120 valence electrons. The first-order valence-corrected chi connectivity index (χ1v) is 8.69. The molecule has 7 nitrogen and oxygen atoms in total. The van der Waals surface area contributed by atoms with Gasteiger partial charge in [-0.3, -0.25) is 4.99 Å². The molecule has 2 heterocycles. The van der Waals surface area contributed by atoms with E-state index in [-0.39, 0.29) is 10.6 Å². The molecule has 0 bridgehead atoms. The number of aromatic nitrogens is 2. The van der Waals surface area contributed by atoms with Gasteiger partial charge in [-0.05, 0) is 18.2 Å². The van der Waals surface area contributed by atoms with Crippen LogP contribution < -0.4 is 10.6 Å². The van der Waals surface area contributed by atoms with Crippen molar-refractivity contribution in [3.05, 3.63) is 42.1 Å². The van der Waals surface area contributed by atoms with Gasteiger partial charge in [-0.15, -0.1) is 0 Å². The predicted octanol–water partition coefficient (Wildman–Crippen LogP) is 1.11. The predicted molar refractivity (Wildman–Crippen MR) is 84.2 cm³/mol. The van der Waals surface area contributed by atoms with Gasteiger partial charge in [-0.2, -0.15) is 0 Å². The van der Waals surface area contributed by atoms with Crippen molar-refractivity contribution in [2.24, 2.45) is 4.99 Å². The van der Waals surface area contributed by atoms with E-state index in [1.165, 1.54) is 18.5 Å². The average Bonchev–Trinajstić information content (AvgIpc) is 3.03. The second kappa shape index (κ2) is 5.92. The van der Waals surface area contributed by atoms with Crippen molar-refractivity contribution in [2.45, 2.75) is 4.90 Å². The first-order chi connectivity index (χ1) is 10.9. The van der Waals surface area contributed by atoms with Crippen LogP contribution in [0.3, 0.4) is 0 Å². The molecule has 1 aromatic carbocycles. The molecule has 0 saturated carbocycles. The summed E-state index contributed by atoms with van der Waals surface area (Å²) in [6.45, 7) is 1.38. The summed E-state index contributed by atoms with van der Waals surface area (Å²) in [6, 6.07) is 3.68. The second-order valence-electron chi connectivity index (χ2n) is 4.98. The van der Waals surface area contributed by atoms with Crippen LogP contribution in [0.25, 0.3) is 0 Å². The Morgan fingerprint density at radius 3 is 2.83 bits per heavy atom. The number of rotatable bonds is 4. The van der Waals surface area contributed by atoms with Crippen LogP contribution in [-0.4, -0.2) is 43.6 Å². The smallest absolute Gasteiger partial charge is 0.175 e. The average molecular weight is 335 g/mol. The number of benzene rings is 1. The van der Waals surface area contributed by atoms with Gasteiger partial charge in [0.2, 0.25) is 0 Å². The zero-order valence-electron chi connectivity index (χ0n) is 12.2. The Labute approximate surface area is 132 Å².